The molecule has 0 aromatic carbocycles. The first-order valence-electron chi connectivity index (χ1n) is 7.06. The first-order valence-corrected chi connectivity index (χ1v) is 7.88. The van der Waals surface area contributed by atoms with Crippen molar-refractivity contribution in [2.45, 2.75) is 45.1 Å². The summed E-state index contributed by atoms with van der Waals surface area (Å²) in [6, 6.07) is -0.137. The summed E-state index contributed by atoms with van der Waals surface area (Å²) in [5.74, 6) is 0.234. The van der Waals surface area contributed by atoms with Crippen LogP contribution in [0.25, 0.3) is 0 Å². The van der Waals surface area contributed by atoms with Crippen molar-refractivity contribution in [3.63, 3.8) is 0 Å². The highest BCUT2D eigenvalue weighted by molar-refractivity contribution is 7.11. The third-order valence-corrected chi connectivity index (χ3v) is 4.70. The number of urea groups is 1. The SMILES string of the molecule is Cc1cnc([C@@H](C)CNC(=O)NC[C@@]2(C)CCCO2)s1. The van der Waals surface area contributed by atoms with E-state index in [1.54, 1.807) is 11.3 Å². The van der Waals surface area contributed by atoms with E-state index in [1.165, 1.54) is 4.88 Å². The number of aromatic nitrogens is 1. The molecule has 2 amide bonds. The van der Waals surface area contributed by atoms with Crippen molar-refractivity contribution in [3.05, 3.63) is 16.1 Å². The van der Waals surface area contributed by atoms with E-state index >= 15 is 0 Å². The van der Waals surface area contributed by atoms with E-state index in [1.807, 2.05) is 20.0 Å². The fourth-order valence-corrected chi connectivity index (χ4v) is 3.06. The van der Waals surface area contributed by atoms with Gasteiger partial charge in [0.1, 0.15) is 0 Å². The van der Waals surface area contributed by atoms with Gasteiger partial charge in [0.05, 0.1) is 10.6 Å². The second-order valence-electron chi connectivity index (χ2n) is 5.68. The molecular weight excluding hydrogens is 274 g/mol. The van der Waals surface area contributed by atoms with Crippen LogP contribution < -0.4 is 10.6 Å². The third kappa shape index (κ3) is 4.18. The van der Waals surface area contributed by atoms with Crippen molar-refractivity contribution in [3.8, 4) is 0 Å². The average Bonchev–Trinajstić information content (AvgIpc) is 3.03. The number of rotatable bonds is 5. The first-order chi connectivity index (χ1) is 9.48. The number of hydrogen-bond acceptors (Lipinski definition) is 4. The number of carbonyl (C=O) groups is 1. The molecule has 0 bridgehead atoms. The average molecular weight is 297 g/mol. The highest BCUT2D eigenvalue weighted by Gasteiger charge is 2.29. The van der Waals surface area contributed by atoms with Gasteiger partial charge in [0, 0.05) is 36.7 Å². The van der Waals surface area contributed by atoms with E-state index in [9.17, 15) is 4.79 Å². The summed E-state index contributed by atoms with van der Waals surface area (Å²) in [4.78, 5) is 17.3. The van der Waals surface area contributed by atoms with Crippen LogP contribution in [0.4, 0.5) is 4.79 Å². The van der Waals surface area contributed by atoms with E-state index in [0.29, 0.717) is 13.1 Å². The van der Waals surface area contributed by atoms with Crippen LogP contribution in [0.5, 0.6) is 0 Å². The number of carbonyl (C=O) groups excluding carboxylic acids is 1. The highest BCUT2D eigenvalue weighted by Crippen LogP contribution is 2.24. The summed E-state index contributed by atoms with van der Waals surface area (Å²) in [5.41, 5.74) is -0.199. The molecule has 20 heavy (non-hydrogen) atoms. The molecule has 0 unspecified atom stereocenters. The number of aryl methyl sites for hydroxylation is 1. The largest absolute Gasteiger partial charge is 0.373 e. The molecule has 1 aliphatic rings. The molecule has 1 aliphatic heterocycles. The zero-order valence-electron chi connectivity index (χ0n) is 12.4. The number of thiazole rings is 1. The van der Waals surface area contributed by atoms with Gasteiger partial charge in [-0.3, -0.25) is 0 Å². The zero-order chi connectivity index (χ0) is 14.6. The minimum atomic E-state index is -0.199. The van der Waals surface area contributed by atoms with Gasteiger partial charge in [-0.2, -0.15) is 0 Å². The quantitative estimate of drug-likeness (QED) is 0.877. The number of amides is 2. The van der Waals surface area contributed by atoms with E-state index < -0.39 is 0 Å². The van der Waals surface area contributed by atoms with Crippen molar-refractivity contribution < 1.29 is 9.53 Å². The Bertz CT molecular complexity index is 455. The number of nitrogens with zero attached hydrogens (tertiary/aromatic N) is 1. The Labute approximate surface area is 124 Å². The summed E-state index contributed by atoms with van der Waals surface area (Å²) in [6.07, 6.45) is 3.94. The number of nitrogens with one attached hydrogen (secondary N) is 2. The monoisotopic (exact) mass is 297 g/mol. The lowest BCUT2D eigenvalue weighted by Gasteiger charge is -2.23. The Balaban J connectivity index is 1.69. The van der Waals surface area contributed by atoms with Crippen LogP contribution in [0, 0.1) is 6.92 Å². The maximum absolute atomic E-state index is 11.8. The Hall–Kier alpha value is -1.14. The van der Waals surface area contributed by atoms with Crippen LogP contribution in [0.3, 0.4) is 0 Å². The van der Waals surface area contributed by atoms with Crippen LogP contribution in [0.1, 0.15) is 42.5 Å². The molecule has 0 radical (unpaired) electrons. The van der Waals surface area contributed by atoms with E-state index in [-0.39, 0.29) is 17.6 Å². The van der Waals surface area contributed by atoms with E-state index in [0.717, 1.165) is 24.5 Å². The van der Waals surface area contributed by atoms with Gasteiger partial charge in [0.25, 0.3) is 0 Å². The minimum absolute atomic E-state index is 0.137. The summed E-state index contributed by atoms with van der Waals surface area (Å²) in [7, 11) is 0. The molecule has 1 aromatic rings. The van der Waals surface area contributed by atoms with Crippen LogP contribution in [-0.2, 0) is 4.74 Å². The highest BCUT2D eigenvalue weighted by atomic mass is 32.1. The molecule has 6 heteroatoms. The molecule has 0 aliphatic carbocycles. The molecule has 2 N–H and O–H groups in total. The van der Waals surface area contributed by atoms with Crippen LogP contribution in [0.15, 0.2) is 6.20 Å². The normalized spacial score (nSPS) is 23.6. The summed E-state index contributed by atoms with van der Waals surface area (Å²) < 4.78 is 5.64. The van der Waals surface area contributed by atoms with Gasteiger partial charge in [-0.1, -0.05) is 6.92 Å². The van der Waals surface area contributed by atoms with Crippen molar-refractivity contribution >= 4 is 17.4 Å². The summed E-state index contributed by atoms with van der Waals surface area (Å²) >= 11 is 1.68. The molecule has 0 saturated carbocycles. The molecular formula is C14H23N3O2S. The molecule has 2 atom stereocenters. The van der Waals surface area contributed by atoms with Gasteiger partial charge < -0.3 is 15.4 Å². The van der Waals surface area contributed by atoms with Crippen LogP contribution >= 0.6 is 11.3 Å². The molecule has 2 heterocycles. The lowest BCUT2D eigenvalue weighted by molar-refractivity contribution is 0.0229. The lowest BCUT2D eigenvalue weighted by Crippen LogP contribution is -2.45. The summed E-state index contributed by atoms with van der Waals surface area (Å²) in [6.45, 7) is 8.09. The topological polar surface area (TPSA) is 63.2 Å². The molecule has 112 valence electrons. The molecule has 1 aromatic heterocycles. The summed E-state index contributed by atoms with van der Waals surface area (Å²) in [5, 5.41) is 6.84. The Kier molecular flexibility index (Phi) is 4.99. The van der Waals surface area contributed by atoms with Gasteiger partial charge in [-0.05, 0) is 26.7 Å². The van der Waals surface area contributed by atoms with Gasteiger partial charge in [-0.25, -0.2) is 9.78 Å². The van der Waals surface area contributed by atoms with Gasteiger partial charge >= 0.3 is 6.03 Å². The van der Waals surface area contributed by atoms with Gasteiger partial charge in [0.2, 0.25) is 0 Å². The fourth-order valence-electron chi connectivity index (χ4n) is 2.24. The smallest absolute Gasteiger partial charge is 0.314 e. The van der Waals surface area contributed by atoms with Crippen molar-refractivity contribution in [1.82, 2.24) is 15.6 Å². The Morgan fingerprint density at radius 2 is 2.40 bits per heavy atom. The Morgan fingerprint density at radius 3 is 3.00 bits per heavy atom. The second kappa shape index (κ2) is 6.54. The van der Waals surface area contributed by atoms with Gasteiger partial charge in [-0.15, -0.1) is 11.3 Å². The van der Waals surface area contributed by atoms with E-state index in [2.05, 4.69) is 22.5 Å². The second-order valence-corrected chi connectivity index (χ2v) is 6.94. The predicted molar refractivity (Wildman–Crippen MR) is 80.3 cm³/mol. The molecule has 1 saturated heterocycles. The van der Waals surface area contributed by atoms with Crippen LogP contribution in [-0.4, -0.2) is 36.3 Å². The number of ether oxygens (including phenoxy) is 1. The maximum Gasteiger partial charge on any atom is 0.314 e. The standard InChI is InChI=1S/C14H23N3O2S/c1-10(12-15-8-11(2)20-12)7-16-13(18)17-9-14(3)5-4-6-19-14/h8,10H,4-7,9H2,1-3H3,(H2,16,17,18)/t10-,14+/m0/s1. The van der Waals surface area contributed by atoms with Crippen molar-refractivity contribution in [2.75, 3.05) is 19.7 Å². The molecule has 2 rings (SSSR count). The van der Waals surface area contributed by atoms with Crippen molar-refractivity contribution in [1.29, 1.82) is 0 Å². The predicted octanol–water partition coefficient (Wildman–Crippen LogP) is 2.42. The number of hydrogen-bond donors (Lipinski definition) is 2. The minimum Gasteiger partial charge on any atom is -0.373 e. The van der Waals surface area contributed by atoms with Crippen molar-refractivity contribution in [2.24, 2.45) is 0 Å². The zero-order valence-corrected chi connectivity index (χ0v) is 13.2. The van der Waals surface area contributed by atoms with E-state index in [4.69, 9.17) is 4.74 Å². The first kappa shape index (κ1) is 15.3. The Morgan fingerprint density at radius 1 is 1.60 bits per heavy atom. The fraction of sp³-hybridized carbons (Fsp3) is 0.714. The van der Waals surface area contributed by atoms with Gasteiger partial charge in [0.15, 0.2) is 0 Å². The third-order valence-electron chi connectivity index (χ3n) is 3.55. The van der Waals surface area contributed by atoms with Crippen LogP contribution in [0.2, 0.25) is 0 Å². The maximum atomic E-state index is 11.8. The molecule has 5 nitrogen and oxygen atoms in total. The molecule has 0 spiro atoms. The lowest BCUT2D eigenvalue weighted by atomic mass is 10.0. The molecule has 1 fully saturated rings.